The number of hydrogen-bond donors (Lipinski definition) is 0. The Balaban J connectivity index is 1.94. The molecular weight excluding hydrogens is 341 g/mol. The molecule has 2 aromatic carbocycles. The van der Waals surface area contributed by atoms with Crippen molar-refractivity contribution >= 4 is 24.4 Å². The summed E-state index contributed by atoms with van der Waals surface area (Å²) < 4.78 is 23.4. The summed E-state index contributed by atoms with van der Waals surface area (Å²) in [7, 11) is -2.25. The van der Waals surface area contributed by atoms with Crippen LogP contribution in [0.15, 0.2) is 48.7 Å². The first-order chi connectivity index (χ1) is 12.4. The maximum absolute atomic E-state index is 14.7. The van der Waals surface area contributed by atoms with Crippen LogP contribution in [0.4, 0.5) is 4.39 Å². The Bertz CT molecular complexity index is 938. The van der Waals surface area contributed by atoms with Gasteiger partial charge in [-0.15, -0.1) is 0 Å². The molecule has 0 unspecified atom stereocenters. The van der Waals surface area contributed by atoms with E-state index >= 15 is 0 Å². The van der Waals surface area contributed by atoms with E-state index in [0.29, 0.717) is 17.7 Å². The molecule has 2 heterocycles. The predicted octanol–water partition coefficient (Wildman–Crippen LogP) is 5.33. The lowest BCUT2D eigenvalue weighted by molar-refractivity contribution is 0.281. The largest absolute Gasteiger partial charge is 0.407 e. The van der Waals surface area contributed by atoms with E-state index < -0.39 is 8.32 Å². The van der Waals surface area contributed by atoms with E-state index in [9.17, 15) is 4.39 Å². The molecule has 1 aliphatic heterocycles. The summed E-state index contributed by atoms with van der Waals surface area (Å²) in [6.07, 6.45) is 2.15. The highest BCUT2D eigenvalue weighted by molar-refractivity contribution is 6.90. The van der Waals surface area contributed by atoms with Gasteiger partial charge in [0.25, 0.3) is 0 Å². The van der Waals surface area contributed by atoms with Gasteiger partial charge >= 0.3 is 0 Å². The third kappa shape index (κ3) is 2.55. The molecule has 0 radical (unpaired) electrons. The van der Waals surface area contributed by atoms with Gasteiger partial charge in [-0.25, -0.2) is 4.39 Å². The number of nitrogens with zero attached hydrogens (tertiary/aromatic N) is 1. The fourth-order valence-corrected chi connectivity index (χ4v) is 9.54. The second kappa shape index (κ2) is 6.36. The van der Waals surface area contributed by atoms with Gasteiger partial charge in [0.1, 0.15) is 5.82 Å². The summed E-state index contributed by atoms with van der Waals surface area (Å²) in [6.45, 7) is 10.3. The average molecular weight is 368 g/mol. The minimum Gasteiger partial charge on any atom is -0.407 e. The Labute approximate surface area is 155 Å². The fourth-order valence-electron chi connectivity index (χ4n) is 4.70. The minimum atomic E-state index is -2.25. The highest BCUT2D eigenvalue weighted by atomic mass is 28.4. The van der Waals surface area contributed by atoms with Crippen molar-refractivity contribution in [1.29, 1.82) is 0 Å². The Hall–Kier alpha value is -1.91. The molecule has 136 valence electrons. The first kappa shape index (κ1) is 17.5. The molecule has 4 rings (SSSR count). The molecule has 0 bridgehead atoms. The molecule has 4 heteroatoms. The number of aromatic nitrogens is 1. The summed E-state index contributed by atoms with van der Waals surface area (Å²) in [5, 5.41) is 2.38. The molecule has 0 N–H and O–H groups in total. The lowest BCUT2D eigenvalue weighted by Crippen LogP contribution is -2.57. The van der Waals surface area contributed by atoms with Crippen molar-refractivity contribution in [2.75, 3.05) is 0 Å². The topological polar surface area (TPSA) is 14.2 Å². The molecule has 0 aliphatic carbocycles. The van der Waals surface area contributed by atoms with Gasteiger partial charge in [0, 0.05) is 23.7 Å². The zero-order chi connectivity index (χ0) is 18.5. The average Bonchev–Trinajstić information content (AvgIpc) is 2.94. The monoisotopic (exact) mass is 367 g/mol. The predicted molar refractivity (Wildman–Crippen MR) is 108 cm³/mol. The van der Waals surface area contributed by atoms with E-state index in [-0.39, 0.29) is 5.82 Å². The lowest BCUT2D eigenvalue weighted by atomic mass is 10.1. The van der Waals surface area contributed by atoms with Crippen LogP contribution in [0, 0.1) is 5.82 Å². The van der Waals surface area contributed by atoms with Gasteiger partial charge in [0.05, 0.1) is 12.1 Å². The Morgan fingerprint density at radius 1 is 1.08 bits per heavy atom. The van der Waals surface area contributed by atoms with E-state index in [1.807, 2.05) is 18.2 Å². The standard InChI is InChI=1S/C22H26FNOSi/c1-15(2)26(16(3)4)21-11-19(23)10-20-22(21)18(14-25-26)13-24(20)12-17-8-6-5-7-9-17/h5-11,13,15-16H,12,14H2,1-4H3. The van der Waals surface area contributed by atoms with Gasteiger partial charge in [-0.1, -0.05) is 58.0 Å². The fraction of sp³-hybridized carbons (Fsp3) is 0.364. The van der Waals surface area contributed by atoms with E-state index in [1.165, 1.54) is 16.5 Å². The quantitative estimate of drug-likeness (QED) is 0.568. The highest BCUT2D eigenvalue weighted by Gasteiger charge is 2.48. The summed E-state index contributed by atoms with van der Waals surface area (Å²) in [5.41, 5.74) is 4.21. The molecule has 3 aromatic rings. The number of hydrogen-bond acceptors (Lipinski definition) is 1. The SMILES string of the molecule is CC(C)[Si]1(C(C)C)OCc2cn(Cc3ccccc3)c3cc(F)cc1c23. The summed E-state index contributed by atoms with van der Waals surface area (Å²) in [5.74, 6) is -0.157. The van der Waals surface area contributed by atoms with Crippen molar-refractivity contribution in [2.24, 2.45) is 0 Å². The van der Waals surface area contributed by atoms with Crippen LogP contribution in [0.5, 0.6) is 0 Å². The van der Waals surface area contributed by atoms with E-state index in [0.717, 1.165) is 17.2 Å². The van der Waals surface area contributed by atoms with Crippen molar-refractivity contribution in [3.63, 3.8) is 0 Å². The van der Waals surface area contributed by atoms with Gasteiger partial charge < -0.3 is 8.99 Å². The summed E-state index contributed by atoms with van der Waals surface area (Å²) in [4.78, 5) is 0. The summed E-state index contributed by atoms with van der Waals surface area (Å²) in [6, 6.07) is 13.8. The van der Waals surface area contributed by atoms with Gasteiger partial charge in [-0.05, 0) is 34.0 Å². The maximum Gasteiger partial charge on any atom is 0.230 e. The Morgan fingerprint density at radius 2 is 1.77 bits per heavy atom. The van der Waals surface area contributed by atoms with Crippen LogP contribution in [0.1, 0.15) is 38.8 Å². The lowest BCUT2D eigenvalue weighted by Gasteiger charge is -2.42. The molecule has 0 saturated heterocycles. The van der Waals surface area contributed by atoms with Crippen LogP contribution in [0.25, 0.3) is 10.9 Å². The van der Waals surface area contributed by atoms with Crippen LogP contribution in [0.3, 0.4) is 0 Å². The van der Waals surface area contributed by atoms with Gasteiger partial charge in [-0.3, -0.25) is 0 Å². The van der Waals surface area contributed by atoms with Crippen LogP contribution < -0.4 is 5.19 Å². The van der Waals surface area contributed by atoms with E-state index in [4.69, 9.17) is 4.43 Å². The third-order valence-corrected chi connectivity index (χ3v) is 11.1. The molecule has 0 fully saturated rings. The van der Waals surface area contributed by atoms with Crippen molar-refractivity contribution in [3.8, 4) is 0 Å². The molecule has 26 heavy (non-hydrogen) atoms. The van der Waals surface area contributed by atoms with Crippen LogP contribution in [-0.2, 0) is 17.6 Å². The number of rotatable bonds is 4. The zero-order valence-corrected chi connectivity index (χ0v) is 16.9. The molecule has 0 spiro atoms. The van der Waals surface area contributed by atoms with Crippen LogP contribution >= 0.6 is 0 Å². The van der Waals surface area contributed by atoms with Crippen molar-refractivity contribution < 1.29 is 8.82 Å². The normalized spacial score (nSPS) is 16.0. The molecule has 0 saturated carbocycles. The molecule has 1 aliphatic rings. The Morgan fingerprint density at radius 3 is 2.42 bits per heavy atom. The van der Waals surface area contributed by atoms with Crippen molar-refractivity contribution in [1.82, 2.24) is 4.57 Å². The van der Waals surface area contributed by atoms with Gasteiger partial charge in [-0.2, -0.15) is 0 Å². The Kier molecular flexibility index (Phi) is 4.28. The van der Waals surface area contributed by atoms with Gasteiger partial charge in [0.15, 0.2) is 0 Å². The number of benzene rings is 2. The molecule has 1 aromatic heterocycles. The smallest absolute Gasteiger partial charge is 0.230 e. The summed E-state index contributed by atoms with van der Waals surface area (Å²) >= 11 is 0. The highest BCUT2D eigenvalue weighted by Crippen LogP contribution is 2.40. The first-order valence-electron chi connectivity index (χ1n) is 9.43. The third-order valence-electron chi connectivity index (χ3n) is 5.82. The maximum atomic E-state index is 14.7. The van der Waals surface area contributed by atoms with E-state index in [1.54, 1.807) is 12.1 Å². The second-order valence-electron chi connectivity index (χ2n) is 8.01. The minimum absolute atomic E-state index is 0.157. The zero-order valence-electron chi connectivity index (χ0n) is 15.9. The van der Waals surface area contributed by atoms with Crippen molar-refractivity contribution in [3.05, 3.63) is 65.6 Å². The first-order valence-corrected chi connectivity index (χ1v) is 11.5. The van der Waals surface area contributed by atoms with Crippen LogP contribution in [-0.4, -0.2) is 12.9 Å². The molecule has 2 nitrogen and oxygen atoms in total. The second-order valence-corrected chi connectivity index (χ2v) is 12.7. The van der Waals surface area contributed by atoms with Crippen molar-refractivity contribution in [2.45, 2.75) is 51.9 Å². The van der Waals surface area contributed by atoms with E-state index in [2.05, 4.69) is 50.6 Å². The van der Waals surface area contributed by atoms with Crippen LogP contribution in [0.2, 0.25) is 11.1 Å². The van der Waals surface area contributed by atoms with Gasteiger partial charge in [0.2, 0.25) is 8.32 Å². The molecule has 0 atom stereocenters. The number of halogens is 1. The molecular formula is C22H26FNOSi. The molecule has 0 amide bonds.